The Morgan fingerprint density at radius 2 is 1.90 bits per heavy atom. The first-order valence-electron chi connectivity index (χ1n) is 10.5. The predicted octanol–water partition coefficient (Wildman–Crippen LogP) is 3.36. The third-order valence-electron chi connectivity index (χ3n) is 5.41. The van der Waals surface area contributed by atoms with E-state index in [0.717, 1.165) is 51.0 Å². The first kappa shape index (κ1) is 24.4. The van der Waals surface area contributed by atoms with Gasteiger partial charge >= 0.3 is 0 Å². The van der Waals surface area contributed by atoms with E-state index in [2.05, 4.69) is 89.3 Å². The van der Waals surface area contributed by atoms with Crippen molar-refractivity contribution in [2.24, 2.45) is 4.99 Å². The predicted molar refractivity (Wildman–Crippen MR) is 137 cm³/mol. The van der Waals surface area contributed by atoms with E-state index in [1.807, 2.05) is 6.20 Å². The number of halogens is 1. The number of pyridine rings is 1. The van der Waals surface area contributed by atoms with Crippen molar-refractivity contribution in [1.82, 2.24) is 20.1 Å². The van der Waals surface area contributed by atoms with E-state index < -0.39 is 0 Å². The van der Waals surface area contributed by atoms with Crippen LogP contribution in [0.15, 0.2) is 47.6 Å². The van der Waals surface area contributed by atoms with Gasteiger partial charge in [-0.3, -0.25) is 0 Å². The Balaban J connectivity index is 0.00000320. The average molecular weight is 522 g/mol. The smallest absolute Gasteiger partial charge is 0.194 e. The molecule has 0 amide bonds. The van der Waals surface area contributed by atoms with Gasteiger partial charge in [-0.1, -0.05) is 24.3 Å². The van der Waals surface area contributed by atoms with Crippen LogP contribution < -0.4 is 10.2 Å². The van der Waals surface area contributed by atoms with Crippen LogP contribution in [0.25, 0.3) is 0 Å². The Morgan fingerprint density at radius 3 is 2.60 bits per heavy atom. The van der Waals surface area contributed by atoms with Crippen molar-refractivity contribution in [3.05, 3.63) is 59.3 Å². The highest BCUT2D eigenvalue weighted by atomic mass is 127. The van der Waals surface area contributed by atoms with Crippen molar-refractivity contribution < 1.29 is 0 Å². The fraction of sp³-hybridized carbons (Fsp3) is 0.478. The lowest BCUT2D eigenvalue weighted by molar-refractivity contribution is 0.312. The number of piperazine rings is 1. The van der Waals surface area contributed by atoms with E-state index in [1.54, 1.807) is 0 Å². The van der Waals surface area contributed by atoms with Crippen LogP contribution in [0.1, 0.15) is 23.6 Å². The number of anilines is 1. The van der Waals surface area contributed by atoms with Crippen LogP contribution >= 0.6 is 24.0 Å². The molecule has 0 aliphatic carbocycles. The van der Waals surface area contributed by atoms with Crippen LogP contribution in [0.2, 0.25) is 0 Å². The Morgan fingerprint density at radius 1 is 1.17 bits per heavy atom. The van der Waals surface area contributed by atoms with Gasteiger partial charge < -0.3 is 20.0 Å². The molecule has 6 nitrogen and oxygen atoms in total. The quantitative estimate of drug-likeness (QED) is 0.358. The number of benzene rings is 1. The summed E-state index contributed by atoms with van der Waals surface area (Å²) in [6, 6.07) is 12.8. The van der Waals surface area contributed by atoms with E-state index in [4.69, 9.17) is 4.99 Å². The van der Waals surface area contributed by atoms with Gasteiger partial charge in [0.2, 0.25) is 0 Å². The van der Waals surface area contributed by atoms with Crippen LogP contribution in [0.4, 0.5) is 5.82 Å². The number of aliphatic imine (C=N–C) groups is 1. The molecule has 0 saturated carbocycles. The molecule has 1 fully saturated rings. The normalized spacial score (nSPS) is 14.9. The van der Waals surface area contributed by atoms with Crippen molar-refractivity contribution in [3.63, 3.8) is 0 Å². The van der Waals surface area contributed by atoms with Gasteiger partial charge in [0.05, 0.1) is 6.54 Å². The van der Waals surface area contributed by atoms with Gasteiger partial charge in [-0.25, -0.2) is 9.98 Å². The maximum atomic E-state index is 4.88. The molecule has 1 saturated heterocycles. The highest BCUT2D eigenvalue weighted by Crippen LogP contribution is 2.16. The standard InChI is InChI=1S/C23H34N6.HI/c1-5-24-23(28(4)18-21-9-7-6-8-19(21)2)26-17-20-10-11-25-22(16-20)29-14-12-27(3)13-15-29;/h6-11,16H,5,12-15,17-18H2,1-4H3,(H,24,26);1H. The SMILES string of the molecule is CCNC(=NCc1ccnc(N2CCN(C)CC2)c1)N(C)Cc1ccccc1C.I. The highest BCUT2D eigenvalue weighted by Gasteiger charge is 2.15. The maximum Gasteiger partial charge on any atom is 0.194 e. The van der Waals surface area contributed by atoms with E-state index in [-0.39, 0.29) is 24.0 Å². The minimum atomic E-state index is 0. The number of nitrogens with one attached hydrogen (secondary N) is 1. The topological polar surface area (TPSA) is 47.0 Å². The Kier molecular flexibility index (Phi) is 9.84. The average Bonchev–Trinajstić information content (AvgIpc) is 2.73. The second-order valence-electron chi connectivity index (χ2n) is 7.77. The van der Waals surface area contributed by atoms with Gasteiger partial charge in [0.15, 0.2) is 5.96 Å². The Bertz CT molecular complexity index is 817. The number of rotatable bonds is 6. The molecule has 0 spiro atoms. The molecule has 0 radical (unpaired) electrons. The first-order valence-corrected chi connectivity index (χ1v) is 10.5. The molecule has 30 heavy (non-hydrogen) atoms. The van der Waals surface area contributed by atoms with Gasteiger partial charge in [-0.15, -0.1) is 24.0 Å². The van der Waals surface area contributed by atoms with Gasteiger partial charge in [0, 0.05) is 52.5 Å². The van der Waals surface area contributed by atoms with E-state index >= 15 is 0 Å². The summed E-state index contributed by atoms with van der Waals surface area (Å²) in [5.74, 6) is 1.98. The number of hydrogen-bond donors (Lipinski definition) is 1. The summed E-state index contributed by atoms with van der Waals surface area (Å²) in [6.45, 7) is 10.8. The summed E-state index contributed by atoms with van der Waals surface area (Å²) in [5.41, 5.74) is 3.82. The summed E-state index contributed by atoms with van der Waals surface area (Å²) in [7, 11) is 4.27. The van der Waals surface area contributed by atoms with E-state index in [9.17, 15) is 0 Å². The number of likely N-dealkylation sites (N-methyl/N-ethyl adjacent to an activating group) is 1. The molecule has 0 bridgehead atoms. The largest absolute Gasteiger partial charge is 0.357 e. The number of guanidine groups is 1. The molecule has 1 aliphatic heterocycles. The van der Waals surface area contributed by atoms with Crippen LogP contribution in [0, 0.1) is 6.92 Å². The monoisotopic (exact) mass is 522 g/mol. The van der Waals surface area contributed by atoms with Crippen molar-refractivity contribution in [1.29, 1.82) is 0 Å². The molecule has 1 aromatic carbocycles. The fourth-order valence-electron chi connectivity index (χ4n) is 3.52. The maximum absolute atomic E-state index is 4.88. The van der Waals surface area contributed by atoms with Crippen molar-refractivity contribution >= 4 is 35.8 Å². The zero-order valence-electron chi connectivity index (χ0n) is 18.6. The molecule has 164 valence electrons. The van der Waals surface area contributed by atoms with Crippen molar-refractivity contribution in [3.8, 4) is 0 Å². The lowest BCUT2D eigenvalue weighted by Gasteiger charge is -2.33. The number of hydrogen-bond acceptors (Lipinski definition) is 4. The first-order chi connectivity index (χ1) is 14.1. The summed E-state index contributed by atoms with van der Waals surface area (Å²) in [6.07, 6.45) is 1.91. The third kappa shape index (κ3) is 6.84. The Hall–Kier alpha value is -1.87. The summed E-state index contributed by atoms with van der Waals surface area (Å²) < 4.78 is 0. The highest BCUT2D eigenvalue weighted by molar-refractivity contribution is 14.0. The van der Waals surface area contributed by atoms with E-state index in [1.165, 1.54) is 16.7 Å². The molecule has 7 heteroatoms. The van der Waals surface area contributed by atoms with Crippen LogP contribution in [-0.4, -0.2) is 67.6 Å². The number of aryl methyl sites for hydroxylation is 1. The molecule has 0 atom stereocenters. The molecular formula is C23H35IN6. The molecule has 2 aromatic rings. The van der Waals surface area contributed by atoms with Gasteiger partial charge in [-0.2, -0.15) is 0 Å². The molecular weight excluding hydrogens is 487 g/mol. The lowest BCUT2D eigenvalue weighted by Crippen LogP contribution is -2.44. The minimum Gasteiger partial charge on any atom is -0.357 e. The van der Waals surface area contributed by atoms with Crippen LogP contribution in [-0.2, 0) is 13.1 Å². The Labute approximate surface area is 198 Å². The van der Waals surface area contributed by atoms with Gasteiger partial charge in [0.25, 0.3) is 0 Å². The summed E-state index contributed by atoms with van der Waals surface area (Å²) in [4.78, 5) is 16.4. The number of aromatic nitrogens is 1. The second-order valence-corrected chi connectivity index (χ2v) is 7.77. The lowest BCUT2D eigenvalue weighted by atomic mass is 10.1. The molecule has 2 heterocycles. The van der Waals surface area contributed by atoms with Crippen LogP contribution in [0.5, 0.6) is 0 Å². The zero-order chi connectivity index (χ0) is 20.6. The molecule has 0 unspecified atom stereocenters. The summed E-state index contributed by atoms with van der Waals surface area (Å²) >= 11 is 0. The molecule has 3 rings (SSSR count). The molecule has 1 aliphatic rings. The van der Waals surface area contributed by atoms with Crippen LogP contribution in [0.3, 0.4) is 0 Å². The molecule has 1 aromatic heterocycles. The van der Waals surface area contributed by atoms with Gasteiger partial charge in [-0.05, 0) is 49.7 Å². The van der Waals surface area contributed by atoms with E-state index in [0.29, 0.717) is 6.54 Å². The molecule has 1 N–H and O–H groups in total. The van der Waals surface area contributed by atoms with Crippen molar-refractivity contribution in [2.45, 2.75) is 26.9 Å². The van der Waals surface area contributed by atoms with Crippen molar-refractivity contribution in [2.75, 3.05) is 51.7 Å². The zero-order valence-corrected chi connectivity index (χ0v) is 21.0. The minimum absolute atomic E-state index is 0. The fourth-order valence-corrected chi connectivity index (χ4v) is 3.52. The third-order valence-corrected chi connectivity index (χ3v) is 5.41. The second kappa shape index (κ2) is 12.1. The number of nitrogens with zero attached hydrogens (tertiary/aromatic N) is 5. The van der Waals surface area contributed by atoms with Gasteiger partial charge in [0.1, 0.15) is 5.82 Å². The summed E-state index contributed by atoms with van der Waals surface area (Å²) in [5, 5.41) is 3.42.